The molecule has 0 aliphatic heterocycles. The molecule has 276 valence electrons. The number of hydrogen-bond acceptors (Lipinski definition) is 6. The molecule has 2 aliphatic carbocycles. The van der Waals surface area contributed by atoms with Gasteiger partial charge in [0, 0.05) is 78.0 Å². The maximum atomic E-state index is 4.86. The number of hydrogen-bond donors (Lipinski definition) is 0. The van der Waals surface area contributed by atoms with Gasteiger partial charge in [0.15, 0.2) is 11.6 Å². The van der Waals surface area contributed by atoms with E-state index in [2.05, 4.69) is 149 Å². The molecule has 4 heterocycles. The van der Waals surface area contributed by atoms with Crippen molar-refractivity contribution in [3.63, 3.8) is 0 Å². The van der Waals surface area contributed by atoms with Crippen LogP contribution in [0.3, 0.4) is 0 Å². The van der Waals surface area contributed by atoms with E-state index in [4.69, 9.17) is 19.9 Å². The summed E-state index contributed by atoms with van der Waals surface area (Å²) < 4.78 is 5.22. The highest BCUT2D eigenvalue weighted by molar-refractivity contribution is 7.36. The number of nitrogens with zero attached hydrogens (tertiary/aromatic N) is 4. The van der Waals surface area contributed by atoms with E-state index in [1.165, 1.54) is 74.1 Å². The van der Waals surface area contributed by atoms with E-state index in [0.29, 0.717) is 0 Å². The van der Waals surface area contributed by atoms with Gasteiger partial charge in [0.2, 0.25) is 0 Å². The van der Waals surface area contributed by atoms with Crippen molar-refractivity contribution >= 4 is 52.2 Å². The Labute approximate surface area is 344 Å². The minimum absolute atomic E-state index is 0.0585. The van der Waals surface area contributed by atoms with Crippen molar-refractivity contribution in [1.82, 2.24) is 19.9 Å². The monoisotopic (exact) mass is 780 g/mol. The van der Waals surface area contributed by atoms with Gasteiger partial charge in [-0.15, -0.1) is 22.7 Å². The van der Waals surface area contributed by atoms with Gasteiger partial charge in [0.05, 0.1) is 9.40 Å². The molecule has 10 aromatic rings. The molecule has 0 radical (unpaired) electrons. The molecule has 0 fully saturated rings. The average molecular weight is 781 g/mol. The lowest BCUT2D eigenvalue weighted by atomic mass is 9.82. The van der Waals surface area contributed by atoms with Crippen LogP contribution in [-0.2, 0) is 10.8 Å². The van der Waals surface area contributed by atoms with Gasteiger partial charge in [-0.3, -0.25) is 0 Å². The minimum atomic E-state index is -0.0585. The summed E-state index contributed by atoms with van der Waals surface area (Å²) >= 11 is 3.73. The van der Waals surface area contributed by atoms with Gasteiger partial charge >= 0.3 is 0 Å². The quantitative estimate of drug-likeness (QED) is 0.178. The number of benzene rings is 6. The van der Waals surface area contributed by atoms with Gasteiger partial charge in [-0.1, -0.05) is 125 Å². The van der Waals surface area contributed by atoms with Crippen LogP contribution >= 0.6 is 22.7 Å². The molecule has 0 atom stereocenters. The molecule has 4 aromatic heterocycles. The van der Waals surface area contributed by atoms with Crippen LogP contribution in [0, 0.1) is 0 Å². The smallest absolute Gasteiger partial charge is 0.159 e. The molecule has 12 rings (SSSR count). The Morgan fingerprint density at radius 2 is 0.741 bits per heavy atom. The summed E-state index contributed by atoms with van der Waals surface area (Å²) in [5.41, 5.74) is 16.9. The molecule has 0 bridgehead atoms. The lowest BCUT2D eigenvalue weighted by Gasteiger charge is -2.21. The Balaban J connectivity index is 0.808. The molecule has 4 nitrogen and oxygen atoms in total. The molecule has 0 spiro atoms. The zero-order chi connectivity index (χ0) is 38.9. The third-order valence-corrected chi connectivity index (χ3v) is 15.2. The van der Waals surface area contributed by atoms with Crippen LogP contribution in [0.25, 0.3) is 96.9 Å². The molecule has 0 saturated heterocycles. The van der Waals surface area contributed by atoms with Gasteiger partial charge in [-0.2, -0.15) is 0 Å². The standard InChI is InChI=1S/C52H36N4S2/c1-51(2)41-11-7-5-9-35(41)37-17-15-31(21-43(37)51)49-53-25-33(26-54-49)29-13-19-39-45(23-29)57-48-40-20-14-30(24-46(40)58-47(39)48)34-27-55-50(56-28-34)32-16-18-38-36-10-6-8-12-42(36)52(3,4)44(38)22-32/h5-28H,1-4H3. The summed E-state index contributed by atoms with van der Waals surface area (Å²) in [4.78, 5) is 19.5. The highest BCUT2D eigenvalue weighted by atomic mass is 32.1. The minimum Gasteiger partial charge on any atom is -0.236 e. The van der Waals surface area contributed by atoms with E-state index in [9.17, 15) is 0 Å². The Morgan fingerprint density at radius 3 is 1.17 bits per heavy atom. The fourth-order valence-corrected chi connectivity index (χ4v) is 12.3. The maximum absolute atomic E-state index is 4.86. The summed E-state index contributed by atoms with van der Waals surface area (Å²) in [5, 5.41) is 2.58. The first-order valence-electron chi connectivity index (χ1n) is 19.8. The largest absolute Gasteiger partial charge is 0.236 e. The molecule has 0 N–H and O–H groups in total. The van der Waals surface area contributed by atoms with Crippen molar-refractivity contribution in [2.24, 2.45) is 0 Å². The summed E-state index contributed by atoms with van der Waals surface area (Å²) in [6.07, 6.45) is 7.85. The van der Waals surface area contributed by atoms with Crippen LogP contribution in [0.5, 0.6) is 0 Å². The first-order valence-corrected chi connectivity index (χ1v) is 21.4. The van der Waals surface area contributed by atoms with Crippen LogP contribution in [0.15, 0.2) is 146 Å². The Bertz CT molecular complexity index is 3110. The molecular weight excluding hydrogens is 745 g/mol. The number of thiophene rings is 2. The molecule has 6 aromatic carbocycles. The van der Waals surface area contributed by atoms with Crippen LogP contribution in [-0.4, -0.2) is 19.9 Å². The second-order valence-corrected chi connectivity index (χ2v) is 18.8. The summed E-state index contributed by atoms with van der Waals surface area (Å²) in [5.74, 6) is 1.50. The normalized spacial score (nSPS) is 14.5. The van der Waals surface area contributed by atoms with Crippen LogP contribution in [0.2, 0.25) is 0 Å². The third kappa shape index (κ3) is 4.85. The van der Waals surface area contributed by atoms with Crippen molar-refractivity contribution < 1.29 is 0 Å². The Morgan fingerprint density at radius 1 is 0.362 bits per heavy atom. The fourth-order valence-electron chi connectivity index (χ4n) is 9.55. The van der Waals surface area contributed by atoms with E-state index in [-0.39, 0.29) is 10.8 Å². The van der Waals surface area contributed by atoms with E-state index < -0.39 is 0 Å². The highest BCUT2D eigenvalue weighted by Crippen LogP contribution is 2.51. The lowest BCUT2D eigenvalue weighted by Crippen LogP contribution is -2.15. The van der Waals surface area contributed by atoms with E-state index in [1.807, 2.05) is 47.5 Å². The number of fused-ring (bicyclic) bond motifs is 11. The van der Waals surface area contributed by atoms with Crippen molar-refractivity contribution in [3.05, 3.63) is 168 Å². The van der Waals surface area contributed by atoms with E-state index in [1.54, 1.807) is 0 Å². The van der Waals surface area contributed by atoms with Crippen molar-refractivity contribution in [2.45, 2.75) is 38.5 Å². The zero-order valence-electron chi connectivity index (χ0n) is 32.5. The van der Waals surface area contributed by atoms with Crippen LogP contribution in [0.4, 0.5) is 0 Å². The number of rotatable bonds is 4. The first-order chi connectivity index (χ1) is 28.2. The Hall–Kier alpha value is -6.34. The maximum Gasteiger partial charge on any atom is 0.159 e. The van der Waals surface area contributed by atoms with Gasteiger partial charge in [0.1, 0.15) is 0 Å². The molecule has 0 amide bonds. The predicted molar refractivity (Wildman–Crippen MR) is 243 cm³/mol. The fraction of sp³-hybridized carbons (Fsp3) is 0.115. The zero-order valence-corrected chi connectivity index (χ0v) is 34.1. The lowest BCUT2D eigenvalue weighted by molar-refractivity contribution is 0.660. The number of aromatic nitrogens is 4. The molecule has 0 unspecified atom stereocenters. The molecule has 58 heavy (non-hydrogen) atoms. The molecular formula is C52H36N4S2. The molecule has 6 heteroatoms. The van der Waals surface area contributed by atoms with Crippen molar-refractivity contribution in [2.75, 3.05) is 0 Å². The topological polar surface area (TPSA) is 51.6 Å². The van der Waals surface area contributed by atoms with Gasteiger partial charge in [0.25, 0.3) is 0 Å². The third-order valence-electron chi connectivity index (χ3n) is 12.7. The van der Waals surface area contributed by atoms with Crippen molar-refractivity contribution in [3.8, 4) is 67.3 Å². The van der Waals surface area contributed by atoms with E-state index >= 15 is 0 Å². The predicted octanol–water partition coefficient (Wildman–Crippen LogP) is 14.1. The second-order valence-electron chi connectivity index (χ2n) is 16.7. The summed E-state index contributed by atoms with van der Waals surface area (Å²) in [6, 6.07) is 44.3. The van der Waals surface area contributed by atoms with E-state index in [0.717, 1.165) is 45.0 Å². The highest BCUT2D eigenvalue weighted by Gasteiger charge is 2.36. The Kier molecular flexibility index (Phi) is 7.04. The van der Waals surface area contributed by atoms with Gasteiger partial charge in [-0.25, -0.2) is 19.9 Å². The van der Waals surface area contributed by atoms with Crippen molar-refractivity contribution in [1.29, 1.82) is 0 Å². The second kappa shape index (κ2) is 12.1. The average Bonchev–Trinajstić information content (AvgIpc) is 3.94. The van der Waals surface area contributed by atoms with Crippen LogP contribution < -0.4 is 0 Å². The van der Waals surface area contributed by atoms with Gasteiger partial charge < -0.3 is 0 Å². The van der Waals surface area contributed by atoms with Gasteiger partial charge in [-0.05, 0) is 79.9 Å². The van der Waals surface area contributed by atoms with Crippen LogP contribution in [0.1, 0.15) is 49.9 Å². The first kappa shape index (κ1) is 33.8. The summed E-state index contributed by atoms with van der Waals surface area (Å²) in [7, 11) is 0. The molecule has 2 aliphatic rings. The SMILES string of the molecule is CC1(C)c2ccccc2-c2ccc(-c3ncc(-c4ccc5c(c4)sc4c6ccc(-c7cnc(-c8ccc9c(c8)C(C)(C)c8ccccc8-9)nc7)cc6sc54)cn3)cc21. The summed E-state index contributed by atoms with van der Waals surface area (Å²) in [6.45, 7) is 9.23. The molecule has 0 saturated carbocycles.